The molecule has 0 spiro atoms. The quantitative estimate of drug-likeness (QED) is 0.735. The van der Waals surface area contributed by atoms with E-state index in [4.69, 9.17) is 0 Å². The number of hydrogen-bond donors (Lipinski definition) is 1. The lowest BCUT2D eigenvalue weighted by Crippen LogP contribution is -2.17. The van der Waals surface area contributed by atoms with E-state index in [1.165, 1.54) is 5.56 Å². The Bertz CT molecular complexity index is 506. The molecule has 5 nitrogen and oxygen atoms in total. The smallest absolute Gasteiger partial charge is 0.151 e. The van der Waals surface area contributed by atoms with Crippen LogP contribution in [0.5, 0.6) is 0 Å². The molecule has 1 aromatic rings. The minimum Gasteiger partial charge on any atom is -0.313 e. The molecule has 0 fully saturated rings. The average molecular weight is 287 g/mol. The Morgan fingerprint density at radius 2 is 1.95 bits per heavy atom. The van der Waals surface area contributed by atoms with Gasteiger partial charge in [-0.25, -0.2) is 8.42 Å². The number of aromatic nitrogens is 2. The molecule has 0 aliphatic carbocycles. The number of rotatable bonds is 8. The molecular formula is C13H25N3O2S. The predicted molar refractivity (Wildman–Crippen MR) is 78.0 cm³/mol. The van der Waals surface area contributed by atoms with E-state index in [0.717, 1.165) is 30.9 Å². The zero-order valence-corrected chi connectivity index (χ0v) is 13.2. The third-order valence-electron chi connectivity index (χ3n) is 3.31. The number of nitrogens with one attached hydrogen (secondary N) is 1. The van der Waals surface area contributed by atoms with Crippen molar-refractivity contribution in [3.05, 3.63) is 17.0 Å². The van der Waals surface area contributed by atoms with E-state index in [0.29, 0.717) is 6.54 Å². The molecule has 1 rings (SSSR count). The van der Waals surface area contributed by atoms with Crippen LogP contribution in [0.4, 0.5) is 0 Å². The molecule has 0 aromatic carbocycles. The third kappa shape index (κ3) is 4.62. The minimum absolute atomic E-state index is 0.160. The summed E-state index contributed by atoms with van der Waals surface area (Å²) in [6, 6.07) is 0. The fourth-order valence-corrected chi connectivity index (χ4v) is 2.71. The Labute approximate surface area is 116 Å². The standard InChI is InChI=1S/C13H25N3O2S/c1-5-7-14-10-13-11(3)15-16(12(13)4)8-9-19(17,18)6-2/h14H,5-10H2,1-4H3. The molecule has 0 unspecified atom stereocenters. The van der Waals surface area contributed by atoms with Crippen LogP contribution in [0.2, 0.25) is 0 Å². The molecule has 1 aromatic heterocycles. The summed E-state index contributed by atoms with van der Waals surface area (Å²) in [5, 5.41) is 7.80. The van der Waals surface area contributed by atoms with E-state index in [1.54, 1.807) is 6.92 Å². The lowest BCUT2D eigenvalue weighted by Gasteiger charge is -2.06. The van der Waals surface area contributed by atoms with E-state index in [-0.39, 0.29) is 11.5 Å². The van der Waals surface area contributed by atoms with Crippen LogP contribution in [0.3, 0.4) is 0 Å². The van der Waals surface area contributed by atoms with Crippen molar-refractivity contribution in [3.8, 4) is 0 Å². The Morgan fingerprint density at radius 1 is 1.26 bits per heavy atom. The van der Waals surface area contributed by atoms with Crippen molar-refractivity contribution >= 4 is 9.84 Å². The van der Waals surface area contributed by atoms with Gasteiger partial charge in [0.1, 0.15) is 0 Å². The number of aryl methyl sites for hydroxylation is 2. The monoisotopic (exact) mass is 287 g/mol. The third-order valence-corrected chi connectivity index (χ3v) is 5.00. The van der Waals surface area contributed by atoms with Crippen molar-refractivity contribution in [2.75, 3.05) is 18.1 Å². The molecule has 0 aliphatic rings. The SMILES string of the molecule is CCCNCc1c(C)nn(CCS(=O)(=O)CC)c1C. The molecule has 0 aliphatic heterocycles. The summed E-state index contributed by atoms with van der Waals surface area (Å²) >= 11 is 0. The molecule has 1 N–H and O–H groups in total. The van der Waals surface area contributed by atoms with Crippen LogP contribution in [0.1, 0.15) is 37.2 Å². The van der Waals surface area contributed by atoms with Crippen LogP contribution < -0.4 is 5.32 Å². The summed E-state index contributed by atoms with van der Waals surface area (Å²) in [4.78, 5) is 0. The zero-order chi connectivity index (χ0) is 14.5. The molecule has 19 heavy (non-hydrogen) atoms. The summed E-state index contributed by atoms with van der Waals surface area (Å²) in [5.74, 6) is 0.352. The maximum absolute atomic E-state index is 11.5. The number of hydrogen-bond acceptors (Lipinski definition) is 4. The van der Waals surface area contributed by atoms with Crippen molar-refractivity contribution in [1.29, 1.82) is 0 Å². The first-order valence-corrected chi connectivity index (χ1v) is 8.67. The molecule has 0 saturated heterocycles. The van der Waals surface area contributed by atoms with Crippen LogP contribution in [0.15, 0.2) is 0 Å². The summed E-state index contributed by atoms with van der Waals surface area (Å²) < 4.78 is 24.9. The van der Waals surface area contributed by atoms with Crippen LogP contribution in [0, 0.1) is 13.8 Å². The van der Waals surface area contributed by atoms with Gasteiger partial charge in [0.2, 0.25) is 0 Å². The normalized spacial score (nSPS) is 12.0. The van der Waals surface area contributed by atoms with E-state index < -0.39 is 9.84 Å². The highest BCUT2D eigenvalue weighted by atomic mass is 32.2. The van der Waals surface area contributed by atoms with E-state index in [2.05, 4.69) is 17.3 Å². The fourth-order valence-electron chi connectivity index (χ4n) is 1.97. The summed E-state index contributed by atoms with van der Waals surface area (Å²) in [6.45, 7) is 10.0. The first-order valence-electron chi connectivity index (χ1n) is 6.85. The second kappa shape index (κ2) is 7.05. The second-order valence-electron chi connectivity index (χ2n) is 4.79. The average Bonchev–Trinajstić information content (AvgIpc) is 2.64. The van der Waals surface area contributed by atoms with Gasteiger partial charge in [0.15, 0.2) is 9.84 Å². The molecule has 1 heterocycles. The molecular weight excluding hydrogens is 262 g/mol. The Morgan fingerprint density at radius 3 is 2.53 bits per heavy atom. The summed E-state index contributed by atoms with van der Waals surface area (Å²) in [7, 11) is -2.94. The minimum atomic E-state index is -2.94. The van der Waals surface area contributed by atoms with Gasteiger partial charge in [-0.3, -0.25) is 4.68 Å². The molecule has 110 valence electrons. The largest absolute Gasteiger partial charge is 0.313 e. The van der Waals surface area contributed by atoms with Gasteiger partial charge in [-0.1, -0.05) is 13.8 Å². The van der Waals surface area contributed by atoms with Crippen molar-refractivity contribution in [2.24, 2.45) is 0 Å². The first kappa shape index (κ1) is 16.2. The van der Waals surface area contributed by atoms with Gasteiger partial charge in [-0.2, -0.15) is 5.10 Å². The number of nitrogens with zero attached hydrogens (tertiary/aromatic N) is 2. The molecule has 6 heteroatoms. The van der Waals surface area contributed by atoms with Crippen molar-refractivity contribution < 1.29 is 8.42 Å². The van der Waals surface area contributed by atoms with E-state index >= 15 is 0 Å². The maximum Gasteiger partial charge on any atom is 0.151 e. The highest BCUT2D eigenvalue weighted by molar-refractivity contribution is 7.91. The highest BCUT2D eigenvalue weighted by Gasteiger charge is 2.13. The van der Waals surface area contributed by atoms with Crippen LogP contribution in [-0.2, 0) is 22.9 Å². The van der Waals surface area contributed by atoms with Gasteiger partial charge in [0.25, 0.3) is 0 Å². The Hall–Kier alpha value is -0.880. The van der Waals surface area contributed by atoms with Gasteiger partial charge in [0.05, 0.1) is 18.0 Å². The van der Waals surface area contributed by atoms with E-state index in [1.807, 2.05) is 18.5 Å². The van der Waals surface area contributed by atoms with Gasteiger partial charge >= 0.3 is 0 Å². The number of sulfone groups is 1. The first-order chi connectivity index (χ1) is 8.91. The second-order valence-corrected chi connectivity index (χ2v) is 7.26. The van der Waals surface area contributed by atoms with Gasteiger partial charge in [-0.15, -0.1) is 0 Å². The maximum atomic E-state index is 11.5. The summed E-state index contributed by atoms with van der Waals surface area (Å²) in [5.41, 5.74) is 3.23. The lowest BCUT2D eigenvalue weighted by atomic mass is 10.2. The predicted octanol–water partition coefficient (Wildman–Crippen LogP) is 1.43. The molecule has 0 radical (unpaired) electrons. The van der Waals surface area contributed by atoms with E-state index in [9.17, 15) is 8.42 Å². The molecule has 0 bridgehead atoms. The van der Waals surface area contributed by atoms with Crippen molar-refractivity contribution in [3.63, 3.8) is 0 Å². The highest BCUT2D eigenvalue weighted by Crippen LogP contribution is 2.13. The molecule has 0 atom stereocenters. The van der Waals surface area contributed by atoms with Gasteiger partial charge in [-0.05, 0) is 26.8 Å². The van der Waals surface area contributed by atoms with Gasteiger partial charge in [0, 0.05) is 23.6 Å². The Balaban J connectivity index is 2.73. The van der Waals surface area contributed by atoms with Crippen LogP contribution >= 0.6 is 0 Å². The lowest BCUT2D eigenvalue weighted by molar-refractivity contribution is 0.576. The topological polar surface area (TPSA) is 64.0 Å². The zero-order valence-electron chi connectivity index (χ0n) is 12.4. The van der Waals surface area contributed by atoms with Crippen LogP contribution in [-0.4, -0.2) is 36.2 Å². The summed E-state index contributed by atoms with van der Waals surface area (Å²) in [6.07, 6.45) is 1.10. The molecule has 0 saturated carbocycles. The van der Waals surface area contributed by atoms with Crippen molar-refractivity contribution in [1.82, 2.24) is 15.1 Å². The van der Waals surface area contributed by atoms with Gasteiger partial charge < -0.3 is 5.32 Å². The molecule has 0 amide bonds. The Kier molecular flexibility index (Phi) is 6.00. The fraction of sp³-hybridized carbons (Fsp3) is 0.769. The van der Waals surface area contributed by atoms with Crippen LogP contribution in [0.25, 0.3) is 0 Å². The van der Waals surface area contributed by atoms with Crippen molar-refractivity contribution in [2.45, 2.75) is 47.2 Å².